The van der Waals surface area contributed by atoms with Crippen LogP contribution in [0.4, 0.5) is 0 Å². The maximum Gasteiger partial charge on any atom is 0.223 e. The van der Waals surface area contributed by atoms with Crippen molar-refractivity contribution in [3.05, 3.63) is 36.0 Å². The van der Waals surface area contributed by atoms with Gasteiger partial charge in [0.1, 0.15) is 0 Å². The maximum atomic E-state index is 12.6. The number of benzene rings is 1. The van der Waals surface area contributed by atoms with Crippen LogP contribution >= 0.6 is 0 Å². The molecule has 2 aromatic rings. The molecule has 1 aliphatic rings. The number of nitrogens with one attached hydrogen (secondary N) is 1. The summed E-state index contributed by atoms with van der Waals surface area (Å²) >= 11 is 0. The highest BCUT2D eigenvalue weighted by Crippen LogP contribution is 2.21. The van der Waals surface area contributed by atoms with E-state index in [0.717, 1.165) is 29.6 Å². The predicted molar refractivity (Wildman–Crippen MR) is 99.7 cm³/mol. The molecule has 0 atom stereocenters. The van der Waals surface area contributed by atoms with E-state index in [1.807, 2.05) is 29.2 Å². The third-order valence-electron chi connectivity index (χ3n) is 4.66. The quantitative estimate of drug-likeness (QED) is 0.870. The Bertz CT molecular complexity index is 765. The van der Waals surface area contributed by atoms with Crippen LogP contribution in [0.15, 0.2) is 30.5 Å². The topological polar surface area (TPSA) is 56.4 Å². The standard InChI is InChI=1S/C20H27N3O2/c1-20(2,3)12-19(25)23-10-8-22(9-11-23)14-18(24)16-13-21-17-7-5-4-6-15(16)17/h4-7,13,21H,8-12,14H2,1-3H3. The van der Waals surface area contributed by atoms with E-state index in [2.05, 4.69) is 30.7 Å². The summed E-state index contributed by atoms with van der Waals surface area (Å²) < 4.78 is 0. The van der Waals surface area contributed by atoms with Crippen molar-refractivity contribution in [1.29, 1.82) is 0 Å². The number of H-pyrrole nitrogens is 1. The first-order chi connectivity index (χ1) is 11.8. The molecule has 1 N–H and O–H groups in total. The molecule has 1 aromatic heterocycles. The van der Waals surface area contributed by atoms with Crippen molar-refractivity contribution < 1.29 is 9.59 Å². The van der Waals surface area contributed by atoms with E-state index < -0.39 is 0 Å². The lowest BCUT2D eigenvalue weighted by atomic mass is 9.91. The molecule has 1 fully saturated rings. The number of carbonyl (C=O) groups is 2. The molecule has 0 saturated carbocycles. The lowest BCUT2D eigenvalue weighted by Crippen LogP contribution is -2.50. The van der Waals surface area contributed by atoms with Crippen LogP contribution in [0.1, 0.15) is 37.6 Å². The van der Waals surface area contributed by atoms with Crippen molar-refractivity contribution in [2.75, 3.05) is 32.7 Å². The second-order valence-corrected chi connectivity index (χ2v) is 8.07. The highest BCUT2D eigenvalue weighted by atomic mass is 16.2. The lowest BCUT2D eigenvalue weighted by molar-refractivity contribution is -0.134. The number of Topliss-reactive ketones (excluding diaryl/α,β-unsaturated/α-hetero) is 1. The Kier molecular flexibility index (Phi) is 4.95. The molecule has 1 aromatic carbocycles. The van der Waals surface area contributed by atoms with Crippen molar-refractivity contribution in [3.8, 4) is 0 Å². The van der Waals surface area contributed by atoms with Gasteiger partial charge in [0, 0.05) is 55.3 Å². The number of carbonyl (C=O) groups excluding carboxylic acids is 2. The van der Waals surface area contributed by atoms with Crippen LogP contribution in [0.2, 0.25) is 0 Å². The number of rotatable bonds is 4. The number of aromatic amines is 1. The zero-order valence-electron chi connectivity index (χ0n) is 15.3. The van der Waals surface area contributed by atoms with Gasteiger partial charge in [-0.15, -0.1) is 0 Å². The fourth-order valence-corrected chi connectivity index (χ4v) is 3.31. The van der Waals surface area contributed by atoms with Gasteiger partial charge in [0.2, 0.25) is 5.91 Å². The zero-order valence-corrected chi connectivity index (χ0v) is 15.3. The number of amides is 1. The summed E-state index contributed by atoms with van der Waals surface area (Å²) in [6, 6.07) is 7.86. The fraction of sp³-hybridized carbons (Fsp3) is 0.500. The number of piperazine rings is 1. The van der Waals surface area contributed by atoms with Crippen molar-refractivity contribution in [1.82, 2.24) is 14.8 Å². The Balaban J connectivity index is 1.55. The molecule has 2 heterocycles. The monoisotopic (exact) mass is 341 g/mol. The largest absolute Gasteiger partial charge is 0.360 e. The molecule has 134 valence electrons. The van der Waals surface area contributed by atoms with E-state index >= 15 is 0 Å². The number of para-hydroxylation sites is 1. The molecule has 25 heavy (non-hydrogen) atoms. The van der Waals surface area contributed by atoms with Gasteiger partial charge in [0.05, 0.1) is 6.54 Å². The highest BCUT2D eigenvalue weighted by molar-refractivity contribution is 6.08. The summed E-state index contributed by atoms with van der Waals surface area (Å²) in [6.07, 6.45) is 2.37. The summed E-state index contributed by atoms with van der Waals surface area (Å²) in [5.74, 6) is 0.349. The number of hydrogen-bond acceptors (Lipinski definition) is 3. The van der Waals surface area contributed by atoms with Gasteiger partial charge in [-0.2, -0.15) is 0 Å². The van der Waals surface area contributed by atoms with Crippen LogP contribution in [0, 0.1) is 5.41 Å². The summed E-state index contributed by atoms with van der Waals surface area (Å²) in [7, 11) is 0. The van der Waals surface area contributed by atoms with Crippen LogP contribution in [-0.2, 0) is 4.79 Å². The van der Waals surface area contributed by atoms with Crippen LogP contribution in [0.25, 0.3) is 10.9 Å². The SMILES string of the molecule is CC(C)(C)CC(=O)N1CCN(CC(=O)c2c[nH]c3ccccc23)CC1. The van der Waals surface area contributed by atoms with Crippen LogP contribution in [-0.4, -0.2) is 59.2 Å². The number of nitrogens with zero attached hydrogens (tertiary/aromatic N) is 2. The van der Waals surface area contributed by atoms with Gasteiger partial charge in [-0.25, -0.2) is 0 Å². The Labute approximate surface area is 149 Å². The van der Waals surface area contributed by atoms with Crippen LogP contribution in [0.3, 0.4) is 0 Å². The minimum Gasteiger partial charge on any atom is -0.360 e. The average Bonchev–Trinajstić information content (AvgIpc) is 2.98. The molecular formula is C20H27N3O2. The van der Waals surface area contributed by atoms with Crippen molar-refractivity contribution >= 4 is 22.6 Å². The van der Waals surface area contributed by atoms with Gasteiger partial charge >= 0.3 is 0 Å². The minimum absolute atomic E-state index is 0.0134. The molecule has 1 aliphatic heterocycles. The molecule has 5 heteroatoms. The highest BCUT2D eigenvalue weighted by Gasteiger charge is 2.26. The molecule has 0 spiro atoms. The maximum absolute atomic E-state index is 12.6. The molecule has 0 bridgehead atoms. The molecule has 1 amide bonds. The predicted octanol–water partition coefficient (Wildman–Crippen LogP) is 2.93. The van der Waals surface area contributed by atoms with Crippen molar-refractivity contribution in [2.45, 2.75) is 27.2 Å². The Morgan fingerprint density at radius 1 is 1.08 bits per heavy atom. The van der Waals surface area contributed by atoms with E-state index in [-0.39, 0.29) is 17.1 Å². The van der Waals surface area contributed by atoms with E-state index in [4.69, 9.17) is 0 Å². The third kappa shape index (κ3) is 4.28. The van der Waals surface area contributed by atoms with Crippen molar-refractivity contribution in [3.63, 3.8) is 0 Å². The zero-order chi connectivity index (χ0) is 18.0. The normalized spacial score (nSPS) is 16.4. The Morgan fingerprint density at radius 2 is 1.76 bits per heavy atom. The summed E-state index contributed by atoms with van der Waals surface area (Å²) in [5, 5.41) is 0.978. The number of aromatic nitrogens is 1. The molecule has 0 unspecified atom stereocenters. The summed E-state index contributed by atoms with van der Waals surface area (Å²) in [6.45, 7) is 9.58. The second kappa shape index (κ2) is 7.00. The second-order valence-electron chi connectivity index (χ2n) is 8.07. The average molecular weight is 341 g/mol. The van der Waals surface area contributed by atoms with Gasteiger partial charge in [0.15, 0.2) is 5.78 Å². The Hall–Kier alpha value is -2.14. The van der Waals surface area contributed by atoms with E-state index in [1.54, 1.807) is 6.20 Å². The van der Waals surface area contributed by atoms with Gasteiger partial charge in [-0.1, -0.05) is 39.0 Å². The van der Waals surface area contributed by atoms with E-state index in [1.165, 1.54) is 0 Å². The molecule has 0 radical (unpaired) electrons. The minimum atomic E-state index is 0.0134. The summed E-state index contributed by atoms with van der Waals surface area (Å²) in [4.78, 5) is 32.2. The third-order valence-corrected chi connectivity index (χ3v) is 4.66. The smallest absolute Gasteiger partial charge is 0.223 e. The van der Waals surface area contributed by atoms with Gasteiger partial charge in [-0.05, 0) is 11.5 Å². The molecule has 1 saturated heterocycles. The van der Waals surface area contributed by atoms with E-state index in [0.29, 0.717) is 26.1 Å². The molecule has 0 aliphatic carbocycles. The summed E-state index contributed by atoms with van der Waals surface area (Å²) in [5.41, 5.74) is 1.75. The Morgan fingerprint density at radius 3 is 2.44 bits per heavy atom. The molecule has 3 rings (SSSR count). The molecule has 5 nitrogen and oxygen atoms in total. The van der Waals surface area contributed by atoms with Crippen LogP contribution in [0.5, 0.6) is 0 Å². The van der Waals surface area contributed by atoms with Gasteiger partial charge in [0.25, 0.3) is 0 Å². The first-order valence-corrected chi connectivity index (χ1v) is 8.93. The number of fused-ring (bicyclic) bond motifs is 1. The lowest BCUT2D eigenvalue weighted by Gasteiger charge is -2.35. The van der Waals surface area contributed by atoms with Gasteiger partial charge < -0.3 is 9.88 Å². The first-order valence-electron chi connectivity index (χ1n) is 8.93. The van der Waals surface area contributed by atoms with Gasteiger partial charge in [-0.3, -0.25) is 14.5 Å². The fourth-order valence-electron chi connectivity index (χ4n) is 3.31. The first kappa shape index (κ1) is 17.7. The van der Waals surface area contributed by atoms with Crippen LogP contribution < -0.4 is 0 Å². The number of ketones is 1. The molecular weight excluding hydrogens is 314 g/mol. The number of hydrogen-bond donors (Lipinski definition) is 1. The van der Waals surface area contributed by atoms with Crippen molar-refractivity contribution in [2.24, 2.45) is 5.41 Å². The van der Waals surface area contributed by atoms with E-state index in [9.17, 15) is 9.59 Å².